The van der Waals surface area contributed by atoms with Crippen molar-refractivity contribution in [1.82, 2.24) is 0 Å². The lowest BCUT2D eigenvalue weighted by molar-refractivity contribution is -0.123. The van der Waals surface area contributed by atoms with Crippen LogP contribution < -0.4 is 9.03 Å². The van der Waals surface area contributed by atoms with Crippen LogP contribution in [0, 0.1) is 5.41 Å². The van der Waals surface area contributed by atoms with E-state index < -0.39 is 31.4 Å². The highest BCUT2D eigenvalue weighted by Crippen LogP contribution is 2.36. The molecular formula is C17H16Cl2N2O5S2. The van der Waals surface area contributed by atoms with E-state index in [1.807, 2.05) is 0 Å². The molecular weight excluding hydrogens is 447 g/mol. The Labute approximate surface area is 173 Å². The standard InChI is InChI=1S/C17H16Cl2N2O5S2/c1-17(2)10-27(23,24)21(16(17)22)11-6-8-12(9-7-11)28(25,26)20-14-5-3-4-13(18)15(14)19/h3-9,20H,10H2,1-2H3. The quantitative estimate of drug-likeness (QED) is 0.748. The number of anilines is 2. The third-order valence-corrected chi connectivity index (χ3v) is 8.38. The van der Waals surface area contributed by atoms with Gasteiger partial charge in [0.05, 0.1) is 37.5 Å². The Balaban J connectivity index is 1.92. The minimum Gasteiger partial charge on any atom is -0.278 e. The molecule has 3 rings (SSSR count). The Hall–Kier alpha value is -1.81. The summed E-state index contributed by atoms with van der Waals surface area (Å²) in [6.07, 6.45) is 0. The molecule has 7 nitrogen and oxygen atoms in total. The molecule has 150 valence electrons. The Morgan fingerprint density at radius 1 is 1.07 bits per heavy atom. The van der Waals surface area contributed by atoms with Crippen molar-refractivity contribution in [3.8, 4) is 0 Å². The van der Waals surface area contributed by atoms with Gasteiger partial charge in [0.15, 0.2) is 0 Å². The van der Waals surface area contributed by atoms with Crippen molar-refractivity contribution in [2.24, 2.45) is 5.41 Å². The highest BCUT2D eigenvalue weighted by molar-refractivity contribution is 7.94. The molecule has 1 fully saturated rings. The molecule has 1 N–H and O–H groups in total. The summed E-state index contributed by atoms with van der Waals surface area (Å²) < 4.78 is 52.9. The predicted molar refractivity (Wildman–Crippen MR) is 109 cm³/mol. The van der Waals surface area contributed by atoms with Crippen LogP contribution >= 0.6 is 23.2 Å². The molecule has 1 aliphatic rings. The lowest BCUT2D eigenvalue weighted by Gasteiger charge is -2.18. The predicted octanol–water partition coefficient (Wildman–Crippen LogP) is 3.50. The minimum atomic E-state index is -4.00. The summed E-state index contributed by atoms with van der Waals surface area (Å²) in [4.78, 5) is 12.3. The first kappa shape index (κ1) is 20.9. The average Bonchev–Trinajstić information content (AvgIpc) is 2.75. The van der Waals surface area contributed by atoms with Crippen molar-refractivity contribution < 1.29 is 21.6 Å². The number of hydrogen-bond acceptors (Lipinski definition) is 5. The summed E-state index contributed by atoms with van der Waals surface area (Å²) in [5.74, 6) is -0.875. The molecule has 0 saturated carbocycles. The largest absolute Gasteiger partial charge is 0.278 e. The Bertz CT molecular complexity index is 1160. The second-order valence-corrected chi connectivity index (χ2v) is 11.2. The van der Waals surface area contributed by atoms with Crippen LogP contribution in [0.15, 0.2) is 47.4 Å². The van der Waals surface area contributed by atoms with Crippen LogP contribution in [0.1, 0.15) is 13.8 Å². The van der Waals surface area contributed by atoms with Gasteiger partial charge < -0.3 is 0 Å². The van der Waals surface area contributed by atoms with Crippen LogP contribution in [-0.2, 0) is 24.8 Å². The van der Waals surface area contributed by atoms with Crippen LogP contribution in [0.3, 0.4) is 0 Å². The van der Waals surface area contributed by atoms with Crippen LogP contribution in [0.25, 0.3) is 0 Å². The highest BCUT2D eigenvalue weighted by atomic mass is 35.5. The smallest absolute Gasteiger partial charge is 0.261 e. The van der Waals surface area contributed by atoms with Gasteiger partial charge in [-0.2, -0.15) is 0 Å². The molecule has 1 aliphatic heterocycles. The number of hydrogen-bond donors (Lipinski definition) is 1. The van der Waals surface area contributed by atoms with Gasteiger partial charge in [0.25, 0.3) is 10.0 Å². The summed E-state index contributed by atoms with van der Waals surface area (Å²) in [6, 6.07) is 9.48. The van der Waals surface area contributed by atoms with Gasteiger partial charge in [0, 0.05) is 0 Å². The SMILES string of the molecule is CC1(C)CS(=O)(=O)N(c2ccc(S(=O)(=O)Nc3cccc(Cl)c3Cl)cc2)C1=O. The zero-order valence-corrected chi connectivity index (χ0v) is 18.0. The normalized spacial score (nSPS) is 18.3. The maximum Gasteiger partial charge on any atom is 0.261 e. The average molecular weight is 463 g/mol. The number of nitrogens with zero attached hydrogens (tertiary/aromatic N) is 1. The maximum absolute atomic E-state index is 12.6. The Kier molecular flexibility index (Phi) is 5.16. The molecule has 1 heterocycles. The van der Waals surface area contributed by atoms with E-state index in [1.54, 1.807) is 19.9 Å². The summed E-state index contributed by atoms with van der Waals surface area (Å²) in [5.41, 5.74) is -0.860. The van der Waals surface area contributed by atoms with Gasteiger partial charge in [-0.25, -0.2) is 21.1 Å². The second kappa shape index (κ2) is 6.91. The Morgan fingerprint density at radius 3 is 2.21 bits per heavy atom. The van der Waals surface area contributed by atoms with Gasteiger partial charge >= 0.3 is 0 Å². The van der Waals surface area contributed by atoms with Gasteiger partial charge in [0.2, 0.25) is 15.9 Å². The van der Waals surface area contributed by atoms with E-state index in [0.717, 1.165) is 0 Å². The van der Waals surface area contributed by atoms with Gasteiger partial charge in [-0.05, 0) is 50.2 Å². The summed E-state index contributed by atoms with van der Waals surface area (Å²) in [5, 5.41) is 0.248. The van der Waals surface area contributed by atoms with E-state index in [2.05, 4.69) is 4.72 Å². The first-order valence-electron chi connectivity index (χ1n) is 7.99. The maximum atomic E-state index is 12.6. The van der Waals surface area contributed by atoms with E-state index in [9.17, 15) is 21.6 Å². The zero-order valence-electron chi connectivity index (χ0n) is 14.8. The summed E-state index contributed by atoms with van der Waals surface area (Å²) >= 11 is 11.9. The Morgan fingerprint density at radius 2 is 1.68 bits per heavy atom. The van der Waals surface area contributed by atoms with Crippen LogP contribution in [0.4, 0.5) is 11.4 Å². The van der Waals surface area contributed by atoms with Crippen molar-refractivity contribution in [3.05, 3.63) is 52.5 Å². The lowest BCUT2D eigenvalue weighted by Crippen LogP contribution is -2.32. The van der Waals surface area contributed by atoms with Gasteiger partial charge in [-0.3, -0.25) is 9.52 Å². The first-order valence-corrected chi connectivity index (χ1v) is 11.8. The number of sulfonamides is 2. The molecule has 2 aromatic carbocycles. The molecule has 0 radical (unpaired) electrons. The number of carbonyl (C=O) groups is 1. The fourth-order valence-electron chi connectivity index (χ4n) is 2.81. The third-order valence-electron chi connectivity index (χ3n) is 4.16. The summed E-state index contributed by atoms with van der Waals surface area (Å²) in [6.45, 7) is 3.09. The van der Waals surface area contributed by atoms with Gasteiger partial charge in [-0.1, -0.05) is 29.3 Å². The topological polar surface area (TPSA) is 101 Å². The van der Waals surface area contributed by atoms with Crippen molar-refractivity contribution >= 4 is 60.5 Å². The third kappa shape index (κ3) is 3.71. The lowest BCUT2D eigenvalue weighted by atomic mass is 9.95. The van der Waals surface area contributed by atoms with E-state index in [0.29, 0.717) is 4.31 Å². The zero-order chi connectivity index (χ0) is 20.9. The van der Waals surface area contributed by atoms with E-state index in [-0.39, 0.29) is 32.1 Å². The number of nitrogens with one attached hydrogen (secondary N) is 1. The van der Waals surface area contributed by atoms with E-state index >= 15 is 0 Å². The first-order chi connectivity index (χ1) is 12.8. The van der Waals surface area contributed by atoms with Crippen LogP contribution in [-0.4, -0.2) is 28.5 Å². The molecule has 0 bridgehead atoms. The summed E-state index contributed by atoms with van der Waals surface area (Å²) in [7, 11) is -7.82. The number of amides is 1. The molecule has 11 heteroatoms. The monoisotopic (exact) mass is 462 g/mol. The molecule has 0 aliphatic carbocycles. The molecule has 1 saturated heterocycles. The van der Waals surface area contributed by atoms with Crippen LogP contribution in [0.5, 0.6) is 0 Å². The molecule has 2 aromatic rings. The molecule has 0 unspecified atom stereocenters. The fourth-order valence-corrected chi connectivity index (χ4v) is 6.39. The number of benzene rings is 2. The molecule has 0 atom stereocenters. The van der Waals surface area contributed by atoms with Crippen molar-refractivity contribution in [2.45, 2.75) is 18.7 Å². The molecule has 28 heavy (non-hydrogen) atoms. The van der Waals surface area contributed by atoms with Crippen LogP contribution in [0.2, 0.25) is 10.0 Å². The number of rotatable bonds is 4. The van der Waals surface area contributed by atoms with Crippen molar-refractivity contribution in [2.75, 3.05) is 14.8 Å². The van der Waals surface area contributed by atoms with Crippen molar-refractivity contribution in [1.29, 1.82) is 0 Å². The minimum absolute atomic E-state index is 0.0559. The van der Waals surface area contributed by atoms with E-state index in [1.165, 1.54) is 36.4 Å². The number of carbonyl (C=O) groups excluding carboxylic acids is 1. The van der Waals surface area contributed by atoms with Crippen molar-refractivity contribution in [3.63, 3.8) is 0 Å². The molecule has 1 amide bonds. The fraction of sp³-hybridized carbons (Fsp3) is 0.235. The van der Waals surface area contributed by atoms with Gasteiger partial charge in [-0.15, -0.1) is 0 Å². The van der Waals surface area contributed by atoms with Gasteiger partial charge in [0.1, 0.15) is 0 Å². The molecule has 0 aromatic heterocycles. The highest BCUT2D eigenvalue weighted by Gasteiger charge is 2.49. The second-order valence-electron chi connectivity index (χ2n) is 6.91. The molecule has 0 spiro atoms. The van der Waals surface area contributed by atoms with E-state index in [4.69, 9.17) is 23.2 Å². The number of halogens is 2.